The van der Waals surface area contributed by atoms with E-state index in [1.54, 1.807) is 0 Å². The molecule has 1 aromatic carbocycles. The third kappa shape index (κ3) is 2.83. The number of carbonyl (C=O) groups excluding carboxylic acids is 1. The van der Waals surface area contributed by atoms with Crippen LogP contribution in [-0.2, 0) is 9.53 Å². The number of anilines is 1. The van der Waals surface area contributed by atoms with Gasteiger partial charge in [0.25, 0.3) is 0 Å². The maximum atomic E-state index is 12.1. The van der Waals surface area contributed by atoms with Crippen molar-refractivity contribution in [3.63, 3.8) is 0 Å². The maximum Gasteiger partial charge on any atom is 0.331 e. The first-order valence-electron chi connectivity index (χ1n) is 5.87. The molecule has 1 fully saturated rings. The summed E-state index contributed by atoms with van der Waals surface area (Å²) in [6.07, 6.45) is 1.59. The van der Waals surface area contributed by atoms with Crippen LogP contribution in [0.15, 0.2) is 28.7 Å². The predicted octanol–water partition coefficient (Wildman–Crippen LogP) is 3.30. The number of rotatable bonds is 3. The van der Waals surface area contributed by atoms with Crippen molar-refractivity contribution in [2.45, 2.75) is 18.4 Å². The average molecular weight is 330 g/mol. The van der Waals surface area contributed by atoms with Crippen LogP contribution in [0.5, 0.6) is 0 Å². The summed E-state index contributed by atoms with van der Waals surface area (Å²) in [5, 5.41) is 3.38. The normalized spacial score (nSPS) is 18.1. The van der Waals surface area contributed by atoms with Gasteiger partial charge in [-0.15, -0.1) is 0 Å². The van der Waals surface area contributed by atoms with Crippen molar-refractivity contribution in [2.24, 2.45) is 0 Å². The van der Waals surface area contributed by atoms with E-state index in [1.165, 1.54) is 7.11 Å². The van der Waals surface area contributed by atoms with E-state index in [2.05, 4.69) is 21.2 Å². The lowest BCUT2D eigenvalue weighted by Crippen LogP contribution is -2.49. The Morgan fingerprint density at radius 3 is 2.67 bits per heavy atom. The second-order valence-corrected chi connectivity index (χ2v) is 6.37. The van der Waals surface area contributed by atoms with Crippen LogP contribution in [0.1, 0.15) is 12.8 Å². The number of ether oxygens (including phenoxy) is 1. The molecule has 0 amide bonds. The topological polar surface area (TPSA) is 38.3 Å². The number of para-hydroxylation sites is 1. The first-order chi connectivity index (χ1) is 8.68. The molecule has 1 saturated heterocycles. The Morgan fingerprint density at radius 2 is 2.06 bits per heavy atom. The predicted molar refractivity (Wildman–Crippen MR) is 79.1 cm³/mol. The van der Waals surface area contributed by atoms with Gasteiger partial charge >= 0.3 is 5.97 Å². The molecular weight excluding hydrogens is 314 g/mol. The van der Waals surface area contributed by atoms with E-state index in [0.717, 1.165) is 34.5 Å². The van der Waals surface area contributed by atoms with Crippen LogP contribution in [-0.4, -0.2) is 30.1 Å². The zero-order chi connectivity index (χ0) is 13.0. The van der Waals surface area contributed by atoms with Crippen LogP contribution >= 0.6 is 27.7 Å². The number of halogens is 1. The van der Waals surface area contributed by atoms with Gasteiger partial charge in [0.1, 0.15) is 5.54 Å². The molecule has 1 N–H and O–H groups in total. The second kappa shape index (κ2) is 5.97. The van der Waals surface area contributed by atoms with Crippen LogP contribution in [0.3, 0.4) is 0 Å². The van der Waals surface area contributed by atoms with E-state index in [0.29, 0.717) is 0 Å². The molecule has 1 aromatic rings. The molecule has 18 heavy (non-hydrogen) atoms. The number of carbonyl (C=O) groups is 1. The van der Waals surface area contributed by atoms with Gasteiger partial charge in [0.15, 0.2) is 0 Å². The van der Waals surface area contributed by atoms with E-state index in [4.69, 9.17) is 4.74 Å². The number of thioether (sulfide) groups is 1. The molecule has 5 heteroatoms. The van der Waals surface area contributed by atoms with E-state index < -0.39 is 5.54 Å². The standard InChI is InChI=1S/C13H16BrNO2S/c1-17-12(16)13(6-8-18-9-7-13)15-11-5-3-2-4-10(11)14/h2-5,15H,6-9H2,1H3. The fourth-order valence-electron chi connectivity index (χ4n) is 2.12. The third-order valence-corrected chi connectivity index (χ3v) is 4.85. The Kier molecular flexibility index (Phi) is 4.56. The summed E-state index contributed by atoms with van der Waals surface area (Å²) in [7, 11) is 1.45. The van der Waals surface area contributed by atoms with Gasteiger partial charge in [0.05, 0.1) is 7.11 Å². The van der Waals surface area contributed by atoms with Crippen LogP contribution in [0.2, 0.25) is 0 Å². The van der Waals surface area contributed by atoms with Crippen molar-refractivity contribution in [1.29, 1.82) is 0 Å². The fraction of sp³-hybridized carbons (Fsp3) is 0.462. The summed E-state index contributed by atoms with van der Waals surface area (Å²) in [5.41, 5.74) is 0.360. The molecule has 2 rings (SSSR count). The van der Waals surface area contributed by atoms with Crippen molar-refractivity contribution in [1.82, 2.24) is 0 Å². The maximum absolute atomic E-state index is 12.1. The summed E-state index contributed by atoms with van der Waals surface area (Å²) in [4.78, 5) is 12.1. The van der Waals surface area contributed by atoms with Crippen LogP contribution in [0.25, 0.3) is 0 Å². The van der Waals surface area contributed by atoms with Crippen molar-refractivity contribution in [3.05, 3.63) is 28.7 Å². The summed E-state index contributed by atoms with van der Waals surface area (Å²) in [6.45, 7) is 0. The number of hydrogen-bond acceptors (Lipinski definition) is 4. The molecule has 0 atom stereocenters. The molecule has 0 radical (unpaired) electrons. The van der Waals surface area contributed by atoms with Crippen molar-refractivity contribution in [3.8, 4) is 0 Å². The monoisotopic (exact) mass is 329 g/mol. The zero-order valence-corrected chi connectivity index (χ0v) is 12.6. The van der Waals surface area contributed by atoms with Gasteiger partial charge in [-0.1, -0.05) is 12.1 Å². The Morgan fingerprint density at radius 1 is 1.39 bits per heavy atom. The Bertz CT molecular complexity index is 433. The molecule has 0 unspecified atom stereocenters. The molecule has 0 saturated carbocycles. The van der Waals surface area contributed by atoms with Gasteiger partial charge in [-0.2, -0.15) is 11.8 Å². The largest absolute Gasteiger partial charge is 0.467 e. The number of nitrogens with one attached hydrogen (secondary N) is 1. The number of benzene rings is 1. The minimum Gasteiger partial charge on any atom is -0.467 e. The molecule has 0 aromatic heterocycles. The molecule has 1 heterocycles. The zero-order valence-electron chi connectivity index (χ0n) is 10.2. The van der Waals surface area contributed by atoms with Crippen molar-refractivity contribution < 1.29 is 9.53 Å². The highest BCUT2D eigenvalue weighted by Crippen LogP contribution is 2.34. The SMILES string of the molecule is COC(=O)C1(Nc2ccccc2Br)CCSCC1. The highest BCUT2D eigenvalue weighted by Gasteiger charge is 2.41. The summed E-state index contributed by atoms with van der Waals surface area (Å²) in [6, 6.07) is 7.84. The van der Waals surface area contributed by atoms with Gasteiger partial charge in [-0.25, -0.2) is 4.79 Å². The van der Waals surface area contributed by atoms with Crippen LogP contribution in [0.4, 0.5) is 5.69 Å². The van der Waals surface area contributed by atoms with E-state index in [-0.39, 0.29) is 5.97 Å². The molecule has 0 bridgehead atoms. The van der Waals surface area contributed by atoms with E-state index in [9.17, 15) is 4.79 Å². The van der Waals surface area contributed by atoms with Gasteiger partial charge in [-0.3, -0.25) is 0 Å². The van der Waals surface area contributed by atoms with Crippen LogP contribution in [0, 0.1) is 0 Å². The van der Waals surface area contributed by atoms with Crippen molar-refractivity contribution >= 4 is 39.3 Å². The van der Waals surface area contributed by atoms with Crippen molar-refractivity contribution in [2.75, 3.05) is 23.9 Å². The Hall–Kier alpha value is -0.680. The summed E-state index contributed by atoms with van der Waals surface area (Å²) >= 11 is 5.38. The lowest BCUT2D eigenvalue weighted by Gasteiger charge is -2.36. The van der Waals surface area contributed by atoms with E-state index >= 15 is 0 Å². The number of esters is 1. The average Bonchev–Trinajstić information content (AvgIpc) is 2.41. The first-order valence-corrected chi connectivity index (χ1v) is 7.81. The quantitative estimate of drug-likeness (QED) is 0.863. The minimum absolute atomic E-state index is 0.168. The summed E-state index contributed by atoms with van der Waals surface area (Å²) < 4.78 is 5.94. The second-order valence-electron chi connectivity index (χ2n) is 4.29. The number of hydrogen-bond donors (Lipinski definition) is 1. The summed E-state index contributed by atoms with van der Waals surface area (Å²) in [5.74, 6) is 1.79. The van der Waals surface area contributed by atoms with Crippen LogP contribution < -0.4 is 5.32 Å². The van der Waals surface area contributed by atoms with Gasteiger partial charge in [-0.05, 0) is 52.4 Å². The molecular formula is C13H16BrNO2S. The minimum atomic E-state index is -0.579. The smallest absolute Gasteiger partial charge is 0.331 e. The fourth-order valence-corrected chi connectivity index (χ4v) is 3.69. The Labute approximate surface area is 120 Å². The molecule has 1 aliphatic rings. The molecule has 3 nitrogen and oxygen atoms in total. The lowest BCUT2D eigenvalue weighted by molar-refractivity contribution is -0.146. The molecule has 1 aliphatic heterocycles. The lowest BCUT2D eigenvalue weighted by atomic mass is 9.92. The van der Waals surface area contributed by atoms with E-state index in [1.807, 2.05) is 36.0 Å². The molecule has 0 spiro atoms. The van der Waals surface area contributed by atoms with Gasteiger partial charge < -0.3 is 10.1 Å². The number of methoxy groups -OCH3 is 1. The highest BCUT2D eigenvalue weighted by atomic mass is 79.9. The van der Waals surface area contributed by atoms with Gasteiger partial charge in [0.2, 0.25) is 0 Å². The third-order valence-electron chi connectivity index (χ3n) is 3.17. The first kappa shape index (κ1) is 13.7. The molecule has 0 aliphatic carbocycles. The van der Waals surface area contributed by atoms with Gasteiger partial charge in [0, 0.05) is 10.2 Å². The Balaban J connectivity index is 2.25. The highest BCUT2D eigenvalue weighted by molar-refractivity contribution is 9.10. The molecule has 98 valence electrons.